The summed E-state index contributed by atoms with van der Waals surface area (Å²) in [5.74, 6) is -1.73. The standard InChI is InChI=1S/C28H25F2N5O4/c1-38-16-24-22(13-32-34-24)28(37)33-23(11-21-19(12-31)7-9-25(39-2)27(21)30)18-5-3-17(4-6-18)14-35-15-20(29)8-10-26(35)36/h3-10,13,15,23H,11,14,16H2,1-2H3,(H,32,34)(H,33,37). The molecule has 4 aromatic rings. The Morgan fingerprint density at radius 2 is 1.92 bits per heavy atom. The fourth-order valence-electron chi connectivity index (χ4n) is 4.19. The van der Waals surface area contributed by atoms with Crippen LogP contribution in [0.25, 0.3) is 0 Å². The van der Waals surface area contributed by atoms with Crippen molar-refractivity contribution >= 4 is 5.91 Å². The minimum atomic E-state index is -0.762. The molecule has 1 unspecified atom stereocenters. The number of H-pyrrole nitrogens is 1. The Morgan fingerprint density at radius 3 is 2.62 bits per heavy atom. The second-order valence-electron chi connectivity index (χ2n) is 8.68. The molecule has 11 heteroatoms. The lowest BCUT2D eigenvalue weighted by Gasteiger charge is -2.21. The first-order valence-corrected chi connectivity index (χ1v) is 11.9. The first-order chi connectivity index (χ1) is 18.8. The predicted octanol–water partition coefficient (Wildman–Crippen LogP) is 3.64. The van der Waals surface area contributed by atoms with Gasteiger partial charge in [0.2, 0.25) is 0 Å². The van der Waals surface area contributed by atoms with E-state index in [1.165, 1.54) is 37.1 Å². The molecular formula is C28H25F2N5O4. The van der Waals surface area contributed by atoms with Crippen LogP contribution >= 0.6 is 0 Å². The normalized spacial score (nSPS) is 11.6. The molecular weight excluding hydrogens is 508 g/mol. The highest BCUT2D eigenvalue weighted by Gasteiger charge is 2.24. The molecule has 0 aliphatic carbocycles. The highest BCUT2D eigenvalue weighted by atomic mass is 19.1. The maximum atomic E-state index is 15.3. The minimum absolute atomic E-state index is 0.0258. The van der Waals surface area contributed by atoms with E-state index in [2.05, 4.69) is 15.5 Å². The van der Waals surface area contributed by atoms with E-state index in [0.717, 1.165) is 18.3 Å². The van der Waals surface area contributed by atoms with Gasteiger partial charge in [-0.1, -0.05) is 24.3 Å². The largest absolute Gasteiger partial charge is 0.494 e. The average Bonchev–Trinajstić information content (AvgIpc) is 3.40. The second-order valence-corrected chi connectivity index (χ2v) is 8.68. The van der Waals surface area contributed by atoms with Gasteiger partial charge in [0.25, 0.3) is 11.5 Å². The van der Waals surface area contributed by atoms with Crippen molar-refractivity contribution in [3.8, 4) is 11.8 Å². The molecule has 0 radical (unpaired) electrons. The van der Waals surface area contributed by atoms with E-state index in [1.54, 1.807) is 24.3 Å². The van der Waals surface area contributed by atoms with Gasteiger partial charge in [0.05, 0.1) is 43.5 Å². The molecule has 0 bridgehead atoms. The number of pyridine rings is 1. The van der Waals surface area contributed by atoms with E-state index < -0.39 is 23.6 Å². The van der Waals surface area contributed by atoms with Crippen LogP contribution in [0.3, 0.4) is 0 Å². The molecule has 9 nitrogen and oxygen atoms in total. The number of halogens is 2. The van der Waals surface area contributed by atoms with Gasteiger partial charge >= 0.3 is 0 Å². The van der Waals surface area contributed by atoms with Gasteiger partial charge in [0, 0.05) is 37.6 Å². The zero-order valence-corrected chi connectivity index (χ0v) is 21.2. The molecule has 0 fully saturated rings. The highest BCUT2D eigenvalue weighted by molar-refractivity contribution is 5.95. The Hall–Kier alpha value is -4.82. The average molecular weight is 534 g/mol. The molecule has 2 aromatic heterocycles. The molecule has 2 N–H and O–H groups in total. The van der Waals surface area contributed by atoms with Crippen LogP contribution in [0.1, 0.15) is 44.3 Å². The maximum absolute atomic E-state index is 15.3. The zero-order valence-electron chi connectivity index (χ0n) is 21.2. The van der Waals surface area contributed by atoms with Gasteiger partial charge in [0.1, 0.15) is 11.5 Å². The number of hydrogen-bond acceptors (Lipinski definition) is 6. The number of hydrogen-bond donors (Lipinski definition) is 2. The number of methoxy groups -OCH3 is 2. The number of carbonyl (C=O) groups excluding carboxylic acids is 1. The van der Waals surface area contributed by atoms with Crippen molar-refractivity contribution in [2.45, 2.75) is 25.6 Å². The summed E-state index contributed by atoms with van der Waals surface area (Å²) in [6.07, 6.45) is 2.50. The molecule has 0 saturated carbocycles. The van der Waals surface area contributed by atoms with Gasteiger partial charge in [-0.25, -0.2) is 8.78 Å². The van der Waals surface area contributed by atoms with Crippen LogP contribution in [0.15, 0.2) is 65.7 Å². The zero-order chi connectivity index (χ0) is 27.9. The fraction of sp³-hybridized carbons (Fsp3) is 0.214. The third-order valence-electron chi connectivity index (χ3n) is 6.19. The maximum Gasteiger partial charge on any atom is 0.255 e. The predicted molar refractivity (Wildman–Crippen MR) is 137 cm³/mol. The number of amides is 1. The summed E-state index contributed by atoms with van der Waals surface area (Å²) in [7, 11) is 2.81. The molecule has 1 atom stereocenters. The van der Waals surface area contributed by atoms with Crippen molar-refractivity contribution in [3.05, 3.63) is 116 Å². The van der Waals surface area contributed by atoms with Gasteiger partial charge in [-0.2, -0.15) is 10.4 Å². The van der Waals surface area contributed by atoms with Crippen molar-refractivity contribution < 1.29 is 23.0 Å². The van der Waals surface area contributed by atoms with E-state index in [0.29, 0.717) is 16.8 Å². The Bertz CT molecular complexity index is 1570. The quantitative estimate of drug-likeness (QED) is 0.321. The summed E-state index contributed by atoms with van der Waals surface area (Å²) in [4.78, 5) is 25.3. The molecule has 0 aliphatic heterocycles. The van der Waals surface area contributed by atoms with Crippen LogP contribution in [0.2, 0.25) is 0 Å². The number of nitriles is 1. The number of nitrogens with one attached hydrogen (secondary N) is 2. The summed E-state index contributed by atoms with van der Waals surface area (Å²) in [5, 5.41) is 19.2. The number of rotatable bonds is 10. The number of aromatic amines is 1. The Balaban J connectivity index is 1.68. The summed E-state index contributed by atoms with van der Waals surface area (Å²) in [6, 6.07) is 13.2. The first-order valence-electron chi connectivity index (χ1n) is 11.9. The van der Waals surface area contributed by atoms with Gasteiger partial charge < -0.3 is 19.4 Å². The van der Waals surface area contributed by atoms with Crippen molar-refractivity contribution in [2.75, 3.05) is 14.2 Å². The smallest absolute Gasteiger partial charge is 0.255 e. The van der Waals surface area contributed by atoms with Gasteiger partial charge in [-0.15, -0.1) is 0 Å². The molecule has 0 spiro atoms. The third kappa shape index (κ3) is 6.19. The monoisotopic (exact) mass is 533 g/mol. The fourth-order valence-corrected chi connectivity index (χ4v) is 4.19. The molecule has 0 saturated heterocycles. The number of aromatic nitrogens is 3. The summed E-state index contributed by atoms with van der Waals surface area (Å²) in [6.45, 7) is 0.237. The Labute approximate surface area is 222 Å². The minimum Gasteiger partial charge on any atom is -0.494 e. The van der Waals surface area contributed by atoms with Crippen molar-refractivity contribution in [2.24, 2.45) is 0 Å². The molecule has 0 aliphatic rings. The van der Waals surface area contributed by atoms with E-state index in [1.807, 2.05) is 6.07 Å². The van der Waals surface area contributed by atoms with Crippen LogP contribution in [0.5, 0.6) is 5.75 Å². The Kier molecular flexibility index (Phi) is 8.48. The number of benzene rings is 2. The molecule has 4 rings (SSSR count). The van der Waals surface area contributed by atoms with Crippen molar-refractivity contribution in [1.29, 1.82) is 5.26 Å². The van der Waals surface area contributed by atoms with Gasteiger partial charge in [-0.3, -0.25) is 14.7 Å². The molecule has 2 heterocycles. The highest BCUT2D eigenvalue weighted by Crippen LogP contribution is 2.29. The van der Waals surface area contributed by atoms with Gasteiger partial charge in [0.15, 0.2) is 11.6 Å². The topological polar surface area (TPSA) is 122 Å². The van der Waals surface area contributed by atoms with Crippen LogP contribution in [0.4, 0.5) is 8.78 Å². The first kappa shape index (κ1) is 27.2. The van der Waals surface area contributed by atoms with Gasteiger partial charge in [-0.05, 0) is 29.3 Å². The molecule has 2 aromatic carbocycles. The summed E-state index contributed by atoms with van der Waals surface area (Å²) >= 11 is 0. The van der Waals surface area contributed by atoms with Crippen LogP contribution in [-0.4, -0.2) is 34.9 Å². The van der Waals surface area contributed by atoms with E-state index in [4.69, 9.17) is 9.47 Å². The van der Waals surface area contributed by atoms with E-state index >= 15 is 4.39 Å². The SMILES string of the molecule is COCc1n[nH]cc1C(=O)NC(Cc1c(C#N)ccc(OC)c1F)c1ccc(Cn2cc(F)ccc2=O)cc1. The molecule has 200 valence electrons. The number of carbonyl (C=O) groups is 1. The van der Waals surface area contributed by atoms with Crippen molar-refractivity contribution in [1.82, 2.24) is 20.1 Å². The van der Waals surface area contributed by atoms with Crippen molar-refractivity contribution in [3.63, 3.8) is 0 Å². The molecule has 1 amide bonds. The second kappa shape index (κ2) is 12.1. The van der Waals surface area contributed by atoms with Crippen LogP contribution in [-0.2, 0) is 24.3 Å². The summed E-state index contributed by atoms with van der Waals surface area (Å²) in [5.41, 5.74) is 1.82. The number of nitrogens with zero attached hydrogens (tertiary/aromatic N) is 3. The van der Waals surface area contributed by atoms with E-state index in [-0.39, 0.29) is 47.6 Å². The van der Waals surface area contributed by atoms with E-state index in [9.17, 15) is 19.2 Å². The molecule has 39 heavy (non-hydrogen) atoms. The summed E-state index contributed by atoms with van der Waals surface area (Å²) < 4.78 is 40.3. The Morgan fingerprint density at radius 1 is 1.15 bits per heavy atom. The van der Waals surface area contributed by atoms with Crippen LogP contribution in [0, 0.1) is 23.0 Å². The number of ether oxygens (including phenoxy) is 2. The van der Waals surface area contributed by atoms with Crippen LogP contribution < -0.4 is 15.6 Å². The lowest BCUT2D eigenvalue weighted by Crippen LogP contribution is -2.31. The lowest BCUT2D eigenvalue weighted by molar-refractivity contribution is 0.0931. The lowest BCUT2D eigenvalue weighted by atomic mass is 9.94. The third-order valence-corrected chi connectivity index (χ3v) is 6.19.